The number of hydrogen-bond acceptors (Lipinski definition) is 2. The van der Waals surface area contributed by atoms with Crippen molar-refractivity contribution in [3.63, 3.8) is 0 Å². The summed E-state index contributed by atoms with van der Waals surface area (Å²) in [7, 11) is 0. The molecule has 0 aromatic heterocycles. The summed E-state index contributed by atoms with van der Waals surface area (Å²) in [5.41, 5.74) is 6.78. The van der Waals surface area contributed by atoms with Crippen LogP contribution in [0.15, 0.2) is 34.8 Å². The topological polar surface area (TPSA) is 35.2 Å². The van der Waals surface area contributed by atoms with Crippen molar-refractivity contribution in [3.05, 3.63) is 56.8 Å². The lowest BCUT2D eigenvalue weighted by Crippen LogP contribution is -2.11. The average molecular weight is 375 g/mol. The van der Waals surface area contributed by atoms with Gasteiger partial charge in [0.1, 0.15) is 10.7 Å². The van der Waals surface area contributed by atoms with Crippen LogP contribution in [0.4, 0.5) is 4.39 Å². The molecule has 0 saturated heterocycles. The van der Waals surface area contributed by atoms with Crippen LogP contribution < -0.4 is 10.5 Å². The molecule has 0 bridgehead atoms. The summed E-state index contributed by atoms with van der Waals surface area (Å²) >= 11 is 13.9. The Labute approximate surface area is 134 Å². The van der Waals surface area contributed by atoms with Crippen molar-refractivity contribution in [1.29, 1.82) is 0 Å². The number of benzene rings is 2. The minimum absolute atomic E-state index is 0.0820. The first-order chi connectivity index (χ1) is 9.40. The third kappa shape index (κ3) is 3.11. The molecule has 0 fully saturated rings. The van der Waals surface area contributed by atoms with Gasteiger partial charge in [0.25, 0.3) is 0 Å². The SMILES string of the molecule is Cc1cc(Oc2ccc(C(N)=S)c(Br)c2F)ccc1Cl. The smallest absolute Gasteiger partial charge is 0.180 e. The van der Waals surface area contributed by atoms with Crippen molar-refractivity contribution >= 4 is 44.7 Å². The summed E-state index contributed by atoms with van der Waals surface area (Å²) in [6.45, 7) is 1.84. The third-order valence-electron chi connectivity index (χ3n) is 2.67. The summed E-state index contributed by atoms with van der Waals surface area (Å²) in [6, 6.07) is 8.19. The Morgan fingerprint density at radius 2 is 2.05 bits per heavy atom. The number of nitrogens with two attached hydrogens (primary N) is 1. The number of rotatable bonds is 3. The highest BCUT2D eigenvalue weighted by atomic mass is 79.9. The molecule has 20 heavy (non-hydrogen) atoms. The molecule has 0 aliphatic rings. The quantitative estimate of drug-likeness (QED) is 0.770. The zero-order valence-electron chi connectivity index (χ0n) is 10.4. The van der Waals surface area contributed by atoms with E-state index in [-0.39, 0.29) is 15.2 Å². The molecule has 2 rings (SSSR count). The molecule has 2 aromatic rings. The largest absolute Gasteiger partial charge is 0.454 e. The predicted molar refractivity (Wildman–Crippen MR) is 86.3 cm³/mol. The number of thiocarbonyl (C=S) groups is 1. The van der Waals surface area contributed by atoms with Crippen LogP contribution >= 0.6 is 39.7 Å². The van der Waals surface area contributed by atoms with Gasteiger partial charge in [0.05, 0.1) is 4.47 Å². The van der Waals surface area contributed by atoms with Crippen LogP contribution in [0.2, 0.25) is 5.02 Å². The van der Waals surface area contributed by atoms with E-state index in [1.165, 1.54) is 6.07 Å². The molecule has 0 heterocycles. The van der Waals surface area contributed by atoms with Crippen LogP contribution in [0.25, 0.3) is 0 Å². The Morgan fingerprint density at radius 1 is 1.35 bits per heavy atom. The summed E-state index contributed by atoms with van der Waals surface area (Å²) in [5.74, 6) is 0.0299. The number of halogens is 3. The Hall–Kier alpha value is -1.17. The molecule has 104 valence electrons. The lowest BCUT2D eigenvalue weighted by Gasteiger charge is -2.11. The van der Waals surface area contributed by atoms with E-state index in [4.69, 9.17) is 34.3 Å². The maximum Gasteiger partial charge on any atom is 0.180 e. The van der Waals surface area contributed by atoms with Gasteiger partial charge in [0.2, 0.25) is 0 Å². The Balaban J connectivity index is 2.37. The molecule has 0 amide bonds. The van der Waals surface area contributed by atoms with E-state index in [1.807, 2.05) is 6.92 Å². The number of ether oxygens (including phenoxy) is 1. The fourth-order valence-electron chi connectivity index (χ4n) is 1.61. The van der Waals surface area contributed by atoms with E-state index in [0.29, 0.717) is 16.3 Å². The fraction of sp³-hybridized carbons (Fsp3) is 0.0714. The van der Waals surface area contributed by atoms with Gasteiger partial charge in [-0.25, -0.2) is 4.39 Å². The molecule has 2 aromatic carbocycles. The van der Waals surface area contributed by atoms with Crippen molar-refractivity contribution in [2.45, 2.75) is 6.92 Å². The molecule has 2 nitrogen and oxygen atoms in total. The zero-order chi connectivity index (χ0) is 14.9. The number of hydrogen-bond donors (Lipinski definition) is 1. The van der Waals surface area contributed by atoms with Gasteiger partial charge in [-0.05, 0) is 58.7 Å². The second kappa shape index (κ2) is 6.08. The highest BCUT2D eigenvalue weighted by Crippen LogP contribution is 2.32. The lowest BCUT2D eigenvalue weighted by molar-refractivity contribution is 0.440. The molecular weight excluding hydrogens is 365 g/mol. The van der Waals surface area contributed by atoms with Crippen LogP contribution in [0.3, 0.4) is 0 Å². The van der Waals surface area contributed by atoms with E-state index >= 15 is 0 Å². The van der Waals surface area contributed by atoms with Crippen molar-refractivity contribution in [2.75, 3.05) is 0 Å². The van der Waals surface area contributed by atoms with Crippen LogP contribution in [-0.2, 0) is 0 Å². The van der Waals surface area contributed by atoms with E-state index in [1.54, 1.807) is 24.3 Å². The lowest BCUT2D eigenvalue weighted by atomic mass is 10.2. The molecule has 0 spiro atoms. The van der Waals surface area contributed by atoms with Gasteiger partial charge in [-0.3, -0.25) is 0 Å². The van der Waals surface area contributed by atoms with Gasteiger partial charge in [-0.2, -0.15) is 0 Å². The number of aryl methyl sites for hydroxylation is 1. The molecule has 2 N–H and O–H groups in total. The minimum atomic E-state index is -0.553. The van der Waals surface area contributed by atoms with Gasteiger partial charge in [-0.1, -0.05) is 23.8 Å². The first kappa shape index (κ1) is 15.2. The zero-order valence-corrected chi connectivity index (χ0v) is 13.6. The normalized spacial score (nSPS) is 10.4. The second-order valence-corrected chi connectivity index (χ2v) is 5.76. The van der Waals surface area contributed by atoms with Gasteiger partial charge in [0.15, 0.2) is 11.6 Å². The molecular formula is C14H10BrClFNOS. The predicted octanol–water partition coefficient (Wildman–Crippen LogP) is 4.98. The molecule has 0 aliphatic heterocycles. The van der Waals surface area contributed by atoms with Gasteiger partial charge >= 0.3 is 0 Å². The van der Waals surface area contributed by atoms with Gasteiger partial charge in [0, 0.05) is 10.6 Å². The first-order valence-corrected chi connectivity index (χ1v) is 7.20. The van der Waals surface area contributed by atoms with Gasteiger partial charge in [-0.15, -0.1) is 0 Å². The van der Waals surface area contributed by atoms with E-state index in [9.17, 15) is 4.39 Å². The van der Waals surface area contributed by atoms with Crippen LogP contribution in [0.1, 0.15) is 11.1 Å². The van der Waals surface area contributed by atoms with Crippen LogP contribution in [-0.4, -0.2) is 4.99 Å². The van der Waals surface area contributed by atoms with Gasteiger partial charge < -0.3 is 10.5 Å². The van der Waals surface area contributed by atoms with Crippen molar-refractivity contribution in [2.24, 2.45) is 5.73 Å². The molecule has 0 aliphatic carbocycles. The molecule has 0 saturated carbocycles. The van der Waals surface area contributed by atoms with Crippen molar-refractivity contribution in [1.82, 2.24) is 0 Å². The Kier molecular flexibility index (Phi) is 4.62. The monoisotopic (exact) mass is 373 g/mol. The van der Waals surface area contributed by atoms with Crippen LogP contribution in [0.5, 0.6) is 11.5 Å². The van der Waals surface area contributed by atoms with Crippen LogP contribution in [0, 0.1) is 12.7 Å². The minimum Gasteiger partial charge on any atom is -0.454 e. The maximum atomic E-state index is 14.2. The molecule has 6 heteroatoms. The summed E-state index contributed by atoms with van der Waals surface area (Å²) in [6.07, 6.45) is 0. The Morgan fingerprint density at radius 3 is 2.65 bits per heavy atom. The Bertz CT molecular complexity index is 693. The average Bonchev–Trinajstić information content (AvgIpc) is 2.39. The standard InChI is InChI=1S/C14H10BrClFNOS/c1-7-6-8(2-4-10(7)16)19-11-5-3-9(14(18)20)12(15)13(11)17/h2-6H,1H3,(H2,18,20). The summed E-state index contributed by atoms with van der Waals surface area (Å²) < 4.78 is 19.9. The van der Waals surface area contributed by atoms with E-state index in [0.717, 1.165) is 5.56 Å². The van der Waals surface area contributed by atoms with E-state index in [2.05, 4.69) is 15.9 Å². The first-order valence-electron chi connectivity index (χ1n) is 5.62. The second-order valence-electron chi connectivity index (χ2n) is 4.12. The maximum absolute atomic E-state index is 14.2. The highest BCUT2D eigenvalue weighted by molar-refractivity contribution is 9.10. The third-order valence-corrected chi connectivity index (χ3v) is 4.09. The summed E-state index contributed by atoms with van der Waals surface area (Å²) in [5, 5.41) is 0.628. The summed E-state index contributed by atoms with van der Waals surface area (Å²) in [4.78, 5) is 0.115. The van der Waals surface area contributed by atoms with E-state index < -0.39 is 5.82 Å². The molecule has 0 unspecified atom stereocenters. The fourth-order valence-corrected chi connectivity index (χ4v) is 2.57. The molecule has 0 radical (unpaired) electrons. The molecule has 0 atom stereocenters. The highest BCUT2D eigenvalue weighted by Gasteiger charge is 2.14. The van der Waals surface area contributed by atoms with Crippen molar-refractivity contribution in [3.8, 4) is 11.5 Å². The van der Waals surface area contributed by atoms with Crippen molar-refractivity contribution < 1.29 is 9.13 Å².